The van der Waals surface area contributed by atoms with Crippen molar-refractivity contribution >= 4 is 17.8 Å². The topological polar surface area (TPSA) is 44.8 Å². The van der Waals surface area contributed by atoms with Crippen LogP contribution in [0.3, 0.4) is 0 Å². The number of carbonyl (C=O) groups is 1. The first-order valence-electron chi connectivity index (χ1n) is 4.14. The largest absolute Gasteiger partial charge is 0.508 e. The van der Waals surface area contributed by atoms with Gasteiger partial charge in [-0.25, -0.2) is 4.79 Å². The molecule has 0 fully saturated rings. The van der Waals surface area contributed by atoms with Gasteiger partial charge in [-0.3, -0.25) is 0 Å². The van der Waals surface area contributed by atoms with E-state index in [1.807, 2.05) is 0 Å². The van der Waals surface area contributed by atoms with Crippen molar-refractivity contribution in [3.63, 3.8) is 0 Å². The zero-order valence-electron chi connectivity index (χ0n) is 7.92. The van der Waals surface area contributed by atoms with Crippen LogP contribution in [0.1, 0.15) is 13.8 Å². The van der Waals surface area contributed by atoms with Crippen LogP contribution >= 0.6 is 11.6 Å². The Bertz CT molecular complexity index is 138. The summed E-state index contributed by atoms with van der Waals surface area (Å²) in [5.74, 6) is 0.441. The lowest BCUT2D eigenvalue weighted by Crippen LogP contribution is -2.16. The lowest BCUT2D eigenvalue weighted by atomic mass is 10.5. The summed E-state index contributed by atoms with van der Waals surface area (Å²) < 4.78 is 14.4. The van der Waals surface area contributed by atoms with Gasteiger partial charge in [-0.2, -0.15) is 0 Å². The third kappa shape index (κ3) is 9.43. The van der Waals surface area contributed by atoms with E-state index in [-0.39, 0.29) is 12.7 Å². The highest BCUT2D eigenvalue weighted by molar-refractivity contribution is 6.17. The van der Waals surface area contributed by atoms with Gasteiger partial charge in [0.25, 0.3) is 0 Å². The molecule has 78 valence electrons. The van der Waals surface area contributed by atoms with Gasteiger partial charge in [0.05, 0.1) is 19.3 Å². The molecule has 0 aromatic rings. The van der Waals surface area contributed by atoms with Crippen molar-refractivity contribution in [1.82, 2.24) is 0 Å². The van der Waals surface area contributed by atoms with Gasteiger partial charge >= 0.3 is 6.16 Å². The molecule has 0 saturated carbocycles. The number of hydrogen-bond acceptors (Lipinski definition) is 4. The van der Waals surface area contributed by atoms with Crippen LogP contribution in [0, 0.1) is 0 Å². The van der Waals surface area contributed by atoms with Crippen LogP contribution in [-0.2, 0) is 14.2 Å². The number of alkyl halides is 1. The maximum absolute atomic E-state index is 10.8. The summed E-state index contributed by atoms with van der Waals surface area (Å²) >= 11 is 5.35. The molecule has 0 aromatic carbocycles. The number of ether oxygens (including phenoxy) is 3. The van der Waals surface area contributed by atoms with Crippen molar-refractivity contribution < 1.29 is 19.0 Å². The van der Waals surface area contributed by atoms with Crippen LogP contribution < -0.4 is 0 Å². The molecule has 0 radical (unpaired) electrons. The van der Waals surface area contributed by atoms with Crippen molar-refractivity contribution in [2.45, 2.75) is 20.0 Å². The fraction of sp³-hybridized carbons (Fsp3) is 0.875. The molecule has 0 unspecified atom stereocenters. The van der Waals surface area contributed by atoms with Crippen LogP contribution in [0.4, 0.5) is 4.79 Å². The number of rotatable bonds is 6. The normalized spacial score (nSPS) is 10.2. The summed E-state index contributed by atoms with van der Waals surface area (Å²) in [5, 5.41) is 0. The minimum Gasteiger partial charge on any atom is -0.432 e. The van der Waals surface area contributed by atoms with Gasteiger partial charge in [0, 0.05) is 5.88 Å². The Morgan fingerprint density at radius 1 is 1.31 bits per heavy atom. The summed E-state index contributed by atoms with van der Waals surface area (Å²) in [6.45, 7) is 4.52. The van der Waals surface area contributed by atoms with E-state index in [0.717, 1.165) is 0 Å². The SMILES string of the molecule is CC(C)OC(=O)OCCOCCCl. The maximum atomic E-state index is 10.8. The minimum atomic E-state index is -0.663. The highest BCUT2D eigenvalue weighted by Gasteiger charge is 2.05. The molecule has 0 atom stereocenters. The van der Waals surface area contributed by atoms with Gasteiger partial charge < -0.3 is 14.2 Å². The molecule has 0 spiro atoms. The second-order valence-corrected chi connectivity index (χ2v) is 2.94. The fourth-order valence-electron chi connectivity index (χ4n) is 0.567. The summed E-state index contributed by atoms with van der Waals surface area (Å²) in [6.07, 6.45) is -0.819. The van der Waals surface area contributed by atoms with Crippen LogP contribution in [0.25, 0.3) is 0 Å². The Kier molecular flexibility index (Phi) is 7.83. The molecule has 0 aliphatic heterocycles. The Morgan fingerprint density at radius 2 is 2.00 bits per heavy atom. The van der Waals surface area contributed by atoms with Gasteiger partial charge in [0.1, 0.15) is 6.61 Å². The van der Waals surface area contributed by atoms with Crippen LogP contribution in [0.2, 0.25) is 0 Å². The van der Waals surface area contributed by atoms with E-state index in [1.54, 1.807) is 13.8 Å². The smallest absolute Gasteiger partial charge is 0.432 e. The number of halogens is 1. The molecule has 0 amide bonds. The van der Waals surface area contributed by atoms with Crippen LogP contribution in [0.5, 0.6) is 0 Å². The van der Waals surface area contributed by atoms with Crippen molar-refractivity contribution in [2.24, 2.45) is 0 Å². The fourth-order valence-corrected chi connectivity index (χ4v) is 0.676. The van der Waals surface area contributed by atoms with Crippen molar-refractivity contribution in [3.05, 3.63) is 0 Å². The Balaban J connectivity index is 3.17. The first-order chi connectivity index (χ1) is 6.16. The van der Waals surface area contributed by atoms with Gasteiger partial charge in [-0.15, -0.1) is 11.6 Å². The molecule has 5 heteroatoms. The molecule has 0 aromatic heterocycles. The summed E-state index contributed by atoms with van der Waals surface area (Å²) in [4.78, 5) is 10.8. The molecule has 0 heterocycles. The summed E-state index contributed by atoms with van der Waals surface area (Å²) in [7, 11) is 0. The predicted octanol–water partition coefficient (Wildman–Crippen LogP) is 1.80. The molecular weight excluding hydrogens is 196 g/mol. The molecule has 0 saturated heterocycles. The van der Waals surface area contributed by atoms with Crippen molar-refractivity contribution in [3.8, 4) is 0 Å². The maximum Gasteiger partial charge on any atom is 0.508 e. The number of hydrogen-bond donors (Lipinski definition) is 0. The van der Waals surface area contributed by atoms with Crippen LogP contribution in [-0.4, -0.2) is 38.0 Å². The quantitative estimate of drug-likeness (QED) is 0.381. The second kappa shape index (κ2) is 8.13. The minimum absolute atomic E-state index is 0.156. The summed E-state index contributed by atoms with van der Waals surface area (Å²) in [5.41, 5.74) is 0. The first-order valence-corrected chi connectivity index (χ1v) is 4.67. The van der Waals surface area contributed by atoms with E-state index < -0.39 is 6.16 Å². The van der Waals surface area contributed by atoms with E-state index in [1.165, 1.54) is 0 Å². The predicted molar refractivity (Wildman–Crippen MR) is 49.1 cm³/mol. The second-order valence-electron chi connectivity index (χ2n) is 2.57. The van der Waals surface area contributed by atoms with E-state index in [9.17, 15) is 4.79 Å². The van der Waals surface area contributed by atoms with E-state index in [4.69, 9.17) is 21.1 Å². The molecule has 0 rings (SSSR count). The van der Waals surface area contributed by atoms with E-state index >= 15 is 0 Å². The van der Waals surface area contributed by atoms with Crippen LogP contribution in [0.15, 0.2) is 0 Å². The van der Waals surface area contributed by atoms with E-state index in [0.29, 0.717) is 19.1 Å². The Labute approximate surface area is 83.1 Å². The average Bonchev–Trinajstić information content (AvgIpc) is 2.02. The standard InChI is InChI=1S/C8H15ClO4/c1-7(2)13-8(10)12-6-5-11-4-3-9/h7H,3-6H2,1-2H3. The lowest BCUT2D eigenvalue weighted by molar-refractivity contribution is 0.0151. The third-order valence-electron chi connectivity index (χ3n) is 1.00. The zero-order chi connectivity index (χ0) is 10.1. The average molecular weight is 211 g/mol. The third-order valence-corrected chi connectivity index (χ3v) is 1.16. The molecule has 0 aliphatic carbocycles. The lowest BCUT2D eigenvalue weighted by Gasteiger charge is -2.08. The zero-order valence-corrected chi connectivity index (χ0v) is 8.67. The van der Waals surface area contributed by atoms with Gasteiger partial charge in [-0.1, -0.05) is 0 Å². The summed E-state index contributed by atoms with van der Waals surface area (Å²) in [6, 6.07) is 0. The molecule has 4 nitrogen and oxygen atoms in total. The van der Waals surface area contributed by atoms with Crippen molar-refractivity contribution in [2.75, 3.05) is 25.7 Å². The molecule has 13 heavy (non-hydrogen) atoms. The monoisotopic (exact) mass is 210 g/mol. The van der Waals surface area contributed by atoms with E-state index in [2.05, 4.69) is 4.74 Å². The van der Waals surface area contributed by atoms with Crippen molar-refractivity contribution in [1.29, 1.82) is 0 Å². The number of carbonyl (C=O) groups excluding carboxylic acids is 1. The highest BCUT2D eigenvalue weighted by Crippen LogP contribution is 1.92. The Morgan fingerprint density at radius 3 is 2.54 bits per heavy atom. The molecular formula is C8H15ClO4. The van der Waals surface area contributed by atoms with Gasteiger partial charge in [0.2, 0.25) is 0 Å². The highest BCUT2D eigenvalue weighted by atomic mass is 35.5. The first kappa shape index (κ1) is 12.5. The molecule has 0 N–H and O–H groups in total. The molecule has 0 aliphatic rings. The Hall–Kier alpha value is -0.480. The van der Waals surface area contributed by atoms with Gasteiger partial charge in [-0.05, 0) is 13.8 Å². The van der Waals surface area contributed by atoms with Gasteiger partial charge in [0.15, 0.2) is 0 Å². The molecule has 0 bridgehead atoms.